The first-order valence-electron chi connectivity index (χ1n) is 6.99. The SMILES string of the molecule is COC(=O)c1ccc(C(C)N2CCN(C)C(=O)C2(C)C)o1. The summed E-state index contributed by atoms with van der Waals surface area (Å²) >= 11 is 0. The van der Waals surface area contributed by atoms with Crippen molar-refractivity contribution in [1.82, 2.24) is 9.80 Å². The number of rotatable bonds is 3. The molecule has 0 spiro atoms. The number of hydrogen-bond donors (Lipinski definition) is 0. The van der Waals surface area contributed by atoms with E-state index in [4.69, 9.17) is 4.42 Å². The standard InChI is InChI=1S/C15H22N2O4/c1-10(11-6-7-12(21-11)13(18)20-5)17-9-8-16(4)14(19)15(17,2)3/h6-7,10H,8-9H2,1-5H3. The molecule has 0 aromatic carbocycles. The lowest BCUT2D eigenvalue weighted by molar-refractivity contribution is -0.149. The normalized spacial score (nSPS) is 20.4. The summed E-state index contributed by atoms with van der Waals surface area (Å²) in [5.74, 6) is 0.418. The number of likely N-dealkylation sites (N-methyl/N-ethyl adjacent to an activating group) is 1. The minimum Gasteiger partial charge on any atom is -0.463 e. The molecule has 1 amide bonds. The van der Waals surface area contributed by atoms with E-state index in [9.17, 15) is 9.59 Å². The third kappa shape index (κ3) is 2.68. The van der Waals surface area contributed by atoms with Crippen molar-refractivity contribution in [3.63, 3.8) is 0 Å². The number of furan rings is 1. The fourth-order valence-electron chi connectivity index (χ4n) is 2.85. The molecule has 1 aliphatic heterocycles. The zero-order valence-corrected chi connectivity index (χ0v) is 13.2. The Morgan fingerprint density at radius 1 is 1.38 bits per heavy atom. The van der Waals surface area contributed by atoms with E-state index >= 15 is 0 Å². The number of amides is 1. The first-order chi connectivity index (χ1) is 9.78. The van der Waals surface area contributed by atoms with Crippen molar-refractivity contribution in [1.29, 1.82) is 0 Å². The van der Waals surface area contributed by atoms with Crippen molar-refractivity contribution in [2.45, 2.75) is 32.4 Å². The fourth-order valence-corrected chi connectivity index (χ4v) is 2.85. The van der Waals surface area contributed by atoms with Crippen LogP contribution in [0, 0.1) is 0 Å². The highest BCUT2D eigenvalue weighted by Gasteiger charge is 2.43. The molecule has 0 aliphatic carbocycles. The first kappa shape index (κ1) is 15.6. The quantitative estimate of drug-likeness (QED) is 0.794. The van der Waals surface area contributed by atoms with Crippen LogP contribution in [0.2, 0.25) is 0 Å². The average Bonchev–Trinajstić information content (AvgIpc) is 2.93. The van der Waals surface area contributed by atoms with Gasteiger partial charge >= 0.3 is 5.97 Å². The monoisotopic (exact) mass is 294 g/mol. The van der Waals surface area contributed by atoms with Gasteiger partial charge in [0.15, 0.2) is 0 Å². The second-order valence-corrected chi connectivity index (χ2v) is 5.85. The Morgan fingerprint density at radius 2 is 2.05 bits per heavy atom. The van der Waals surface area contributed by atoms with Gasteiger partial charge in [-0.1, -0.05) is 0 Å². The van der Waals surface area contributed by atoms with E-state index in [-0.39, 0.29) is 17.7 Å². The number of hydrogen-bond acceptors (Lipinski definition) is 5. The molecule has 0 N–H and O–H groups in total. The Kier molecular flexibility index (Phi) is 4.09. The van der Waals surface area contributed by atoms with Crippen LogP contribution in [-0.4, -0.2) is 54.5 Å². The number of piperazine rings is 1. The van der Waals surface area contributed by atoms with Gasteiger partial charge in [-0.25, -0.2) is 4.79 Å². The van der Waals surface area contributed by atoms with E-state index in [1.54, 1.807) is 17.0 Å². The lowest BCUT2D eigenvalue weighted by Gasteiger charge is -2.47. The molecule has 6 heteroatoms. The summed E-state index contributed by atoms with van der Waals surface area (Å²) in [6.07, 6.45) is 0. The Morgan fingerprint density at radius 3 is 2.67 bits per heavy atom. The van der Waals surface area contributed by atoms with E-state index in [2.05, 4.69) is 9.64 Å². The summed E-state index contributed by atoms with van der Waals surface area (Å²) in [6.45, 7) is 7.22. The van der Waals surface area contributed by atoms with Crippen LogP contribution in [0.3, 0.4) is 0 Å². The van der Waals surface area contributed by atoms with Crippen molar-refractivity contribution in [2.24, 2.45) is 0 Å². The zero-order chi connectivity index (χ0) is 15.8. The molecule has 116 valence electrons. The van der Waals surface area contributed by atoms with Crippen molar-refractivity contribution >= 4 is 11.9 Å². The van der Waals surface area contributed by atoms with Crippen molar-refractivity contribution in [3.8, 4) is 0 Å². The Bertz CT molecular complexity index is 550. The molecule has 21 heavy (non-hydrogen) atoms. The van der Waals surface area contributed by atoms with Gasteiger partial charge < -0.3 is 14.1 Å². The van der Waals surface area contributed by atoms with Gasteiger partial charge in [-0.2, -0.15) is 0 Å². The van der Waals surface area contributed by atoms with Crippen LogP contribution in [0.25, 0.3) is 0 Å². The highest BCUT2D eigenvalue weighted by atomic mass is 16.5. The van der Waals surface area contributed by atoms with Gasteiger partial charge in [0.1, 0.15) is 5.76 Å². The minimum absolute atomic E-state index is 0.0837. The Balaban J connectivity index is 2.23. The maximum atomic E-state index is 12.3. The third-order valence-corrected chi connectivity index (χ3v) is 4.16. The molecule has 1 aromatic heterocycles. The van der Waals surface area contributed by atoms with Crippen LogP contribution >= 0.6 is 0 Å². The minimum atomic E-state index is -0.607. The van der Waals surface area contributed by atoms with Crippen LogP contribution in [0.1, 0.15) is 43.1 Å². The number of methoxy groups -OCH3 is 1. The maximum absolute atomic E-state index is 12.3. The average molecular weight is 294 g/mol. The lowest BCUT2D eigenvalue weighted by atomic mass is 9.95. The Labute approximate surface area is 124 Å². The molecule has 0 radical (unpaired) electrons. The molecular formula is C15H22N2O4. The van der Waals surface area contributed by atoms with E-state index in [0.717, 1.165) is 6.54 Å². The maximum Gasteiger partial charge on any atom is 0.373 e. The highest BCUT2D eigenvalue weighted by Crippen LogP contribution is 2.32. The number of carbonyl (C=O) groups is 2. The van der Waals surface area contributed by atoms with Gasteiger partial charge in [0.2, 0.25) is 11.7 Å². The summed E-state index contributed by atoms with van der Waals surface area (Å²) in [5.41, 5.74) is -0.607. The molecule has 0 saturated carbocycles. The van der Waals surface area contributed by atoms with Crippen molar-refractivity contribution < 1.29 is 18.7 Å². The molecule has 1 fully saturated rings. The first-order valence-corrected chi connectivity index (χ1v) is 6.99. The van der Waals surface area contributed by atoms with E-state index in [1.807, 2.05) is 27.8 Å². The summed E-state index contributed by atoms with van der Waals surface area (Å²) in [6, 6.07) is 3.26. The second kappa shape index (κ2) is 5.52. The van der Waals surface area contributed by atoms with Crippen LogP contribution in [0.5, 0.6) is 0 Å². The smallest absolute Gasteiger partial charge is 0.373 e. The summed E-state index contributed by atoms with van der Waals surface area (Å²) in [4.78, 5) is 27.6. The van der Waals surface area contributed by atoms with Gasteiger partial charge in [0.05, 0.1) is 18.7 Å². The number of esters is 1. The number of ether oxygens (including phenoxy) is 1. The van der Waals surface area contributed by atoms with Crippen LogP contribution in [0.15, 0.2) is 16.5 Å². The predicted molar refractivity (Wildman–Crippen MR) is 76.9 cm³/mol. The van der Waals surface area contributed by atoms with Gasteiger partial charge in [0.25, 0.3) is 0 Å². The number of carbonyl (C=O) groups excluding carboxylic acids is 2. The van der Waals surface area contributed by atoms with Gasteiger partial charge in [0, 0.05) is 20.1 Å². The van der Waals surface area contributed by atoms with E-state index < -0.39 is 11.5 Å². The summed E-state index contributed by atoms with van der Waals surface area (Å²) in [7, 11) is 3.13. The molecule has 1 aliphatic rings. The molecule has 2 rings (SSSR count). The zero-order valence-electron chi connectivity index (χ0n) is 13.2. The second-order valence-electron chi connectivity index (χ2n) is 5.85. The summed E-state index contributed by atoms with van der Waals surface area (Å²) < 4.78 is 10.2. The molecule has 0 bridgehead atoms. The van der Waals surface area contributed by atoms with Crippen LogP contribution in [-0.2, 0) is 9.53 Å². The molecule has 6 nitrogen and oxygen atoms in total. The highest BCUT2D eigenvalue weighted by molar-refractivity contribution is 5.86. The Hall–Kier alpha value is -1.82. The predicted octanol–water partition coefficient (Wildman–Crippen LogP) is 1.68. The largest absolute Gasteiger partial charge is 0.463 e. The molecular weight excluding hydrogens is 272 g/mol. The van der Waals surface area contributed by atoms with Crippen LogP contribution < -0.4 is 0 Å². The van der Waals surface area contributed by atoms with Crippen molar-refractivity contribution in [2.75, 3.05) is 27.2 Å². The lowest BCUT2D eigenvalue weighted by Crippen LogP contribution is -2.62. The van der Waals surface area contributed by atoms with Gasteiger partial charge in [-0.3, -0.25) is 9.69 Å². The molecule has 1 atom stereocenters. The van der Waals surface area contributed by atoms with Gasteiger partial charge in [-0.15, -0.1) is 0 Å². The van der Waals surface area contributed by atoms with Crippen LogP contribution in [0.4, 0.5) is 0 Å². The molecule has 1 unspecified atom stereocenters. The van der Waals surface area contributed by atoms with E-state index in [1.165, 1.54) is 7.11 Å². The molecule has 1 aromatic rings. The molecule has 1 saturated heterocycles. The fraction of sp³-hybridized carbons (Fsp3) is 0.600. The van der Waals surface area contributed by atoms with Crippen molar-refractivity contribution in [3.05, 3.63) is 23.7 Å². The third-order valence-electron chi connectivity index (χ3n) is 4.16. The summed E-state index contributed by atoms with van der Waals surface area (Å²) in [5, 5.41) is 0. The molecule has 2 heterocycles. The van der Waals surface area contributed by atoms with E-state index in [0.29, 0.717) is 12.3 Å². The number of nitrogens with zero attached hydrogens (tertiary/aromatic N) is 2. The topological polar surface area (TPSA) is 63.0 Å². The van der Waals surface area contributed by atoms with Gasteiger partial charge in [-0.05, 0) is 32.9 Å².